The highest BCUT2D eigenvalue weighted by Gasteiger charge is 2.10. The fourth-order valence-electron chi connectivity index (χ4n) is 2.61. The summed E-state index contributed by atoms with van der Waals surface area (Å²) in [5.74, 6) is -0.492. The second kappa shape index (κ2) is 5.44. The summed E-state index contributed by atoms with van der Waals surface area (Å²) in [7, 11) is 0. The third-order valence-electron chi connectivity index (χ3n) is 3.67. The smallest absolute Gasteiger partial charge is 0.259 e. The Morgan fingerprint density at radius 3 is 2.18 bits per heavy atom. The highest BCUT2D eigenvalue weighted by atomic mass is 16.1. The molecular formula is C17H14N2O3. The topological polar surface area (TPSA) is 82.2 Å². The SMILES string of the molecule is NC(=O)CCn1c(=O)c2ccccc2c(=O)c2ccccc21. The van der Waals surface area contributed by atoms with Gasteiger partial charge in [0, 0.05) is 23.7 Å². The summed E-state index contributed by atoms with van der Waals surface area (Å²) in [6.07, 6.45) is 0.0381. The minimum absolute atomic E-state index is 0.0381. The molecule has 0 unspecified atom stereocenters. The number of carbonyl (C=O) groups excluding carboxylic acids is 1. The Balaban J connectivity index is 2.53. The Labute approximate surface area is 125 Å². The molecule has 0 saturated carbocycles. The lowest BCUT2D eigenvalue weighted by Crippen LogP contribution is -2.22. The van der Waals surface area contributed by atoms with Crippen molar-refractivity contribution in [2.24, 2.45) is 5.73 Å². The summed E-state index contributed by atoms with van der Waals surface area (Å²) in [5, 5.41) is 1.17. The molecule has 0 atom stereocenters. The number of rotatable bonds is 3. The zero-order chi connectivity index (χ0) is 15.7. The van der Waals surface area contributed by atoms with Gasteiger partial charge < -0.3 is 10.3 Å². The fraction of sp³-hybridized carbons (Fsp3) is 0.118. The summed E-state index contributed by atoms with van der Waals surface area (Å²) in [4.78, 5) is 36.5. The predicted octanol–water partition coefficient (Wildman–Crippen LogP) is 1.39. The fourth-order valence-corrected chi connectivity index (χ4v) is 2.61. The molecule has 0 saturated heterocycles. The number of para-hydroxylation sites is 1. The lowest BCUT2D eigenvalue weighted by atomic mass is 10.1. The first-order valence-corrected chi connectivity index (χ1v) is 6.92. The number of nitrogens with two attached hydrogens (primary N) is 1. The van der Waals surface area contributed by atoms with E-state index < -0.39 is 5.91 Å². The van der Waals surface area contributed by atoms with E-state index in [2.05, 4.69) is 0 Å². The van der Waals surface area contributed by atoms with Crippen LogP contribution in [0.25, 0.3) is 21.7 Å². The average Bonchev–Trinajstić information content (AvgIpc) is 2.62. The number of aryl methyl sites for hydroxylation is 1. The van der Waals surface area contributed by atoms with Gasteiger partial charge in [0.1, 0.15) is 0 Å². The number of primary amides is 1. The summed E-state index contributed by atoms with van der Waals surface area (Å²) in [6, 6.07) is 13.6. The van der Waals surface area contributed by atoms with E-state index in [1.54, 1.807) is 48.5 Å². The van der Waals surface area contributed by atoms with E-state index in [9.17, 15) is 14.4 Å². The van der Waals surface area contributed by atoms with Crippen LogP contribution in [0, 0.1) is 0 Å². The van der Waals surface area contributed by atoms with Gasteiger partial charge in [-0.1, -0.05) is 30.3 Å². The van der Waals surface area contributed by atoms with Crippen LogP contribution in [0.3, 0.4) is 0 Å². The Morgan fingerprint density at radius 2 is 1.50 bits per heavy atom. The zero-order valence-corrected chi connectivity index (χ0v) is 11.8. The highest BCUT2D eigenvalue weighted by molar-refractivity contribution is 5.90. The third-order valence-corrected chi connectivity index (χ3v) is 3.67. The zero-order valence-electron chi connectivity index (χ0n) is 11.8. The molecule has 2 N–H and O–H groups in total. The van der Waals surface area contributed by atoms with Crippen molar-refractivity contribution < 1.29 is 4.79 Å². The van der Waals surface area contributed by atoms with E-state index in [-0.39, 0.29) is 24.0 Å². The van der Waals surface area contributed by atoms with Gasteiger partial charge in [0.15, 0.2) is 5.43 Å². The highest BCUT2D eigenvalue weighted by Crippen LogP contribution is 2.12. The van der Waals surface area contributed by atoms with Crippen molar-refractivity contribution >= 4 is 27.6 Å². The monoisotopic (exact) mass is 294 g/mol. The Bertz CT molecular complexity index is 1010. The van der Waals surface area contributed by atoms with E-state index in [0.717, 1.165) is 0 Å². The van der Waals surface area contributed by atoms with Crippen LogP contribution in [0.2, 0.25) is 0 Å². The molecule has 0 aliphatic carbocycles. The van der Waals surface area contributed by atoms with Crippen LogP contribution in [0.4, 0.5) is 0 Å². The molecule has 0 aliphatic heterocycles. The van der Waals surface area contributed by atoms with Gasteiger partial charge in [-0.25, -0.2) is 0 Å². The van der Waals surface area contributed by atoms with E-state index in [4.69, 9.17) is 5.73 Å². The van der Waals surface area contributed by atoms with E-state index in [1.165, 1.54) is 4.57 Å². The maximum absolute atomic E-state index is 12.8. The molecule has 0 spiro atoms. The van der Waals surface area contributed by atoms with Gasteiger partial charge in [-0.2, -0.15) is 0 Å². The van der Waals surface area contributed by atoms with E-state index >= 15 is 0 Å². The first-order valence-electron chi connectivity index (χ1n) is 6.92. The van der Waals surface area contributed by atoms with Gasteiger partial charge in [0.05, 0.1) is 10.9 Å². The number of fused-ring (bicyclic) bond motifs is 2. The second-order valence-electron chi connectivity index (χ2n) is 5.06. The summed E-state index contributed by atoms with van der Waals surface area (Å²) < 4.78 is 1.45. The maximum atomic E-state index is 12.8. The van der Waals surface area contributed by atoms with Crippen molar-refractivity contribution in [1.82, 2.24) is 4.57 Å². The van der Waals surface area contributed by atoms with Crippen LogP contribution in [0.1, 0.15) is 6.42 Å². The van der Waals surface area contributed by atoms with Gasteiger partial charge in [-0.15, -0.1) is 0 Å². The predicted molar refractivity (Wildman–Crippen MR) is 85.8 cm³/mol. The van der Waals surface area contributed by atoms with Crippen LogP contribution in [0.5, 0.6) is 0 Å². The van der Waals surface area contributed by atoms with Gasteiger partial charge in [-0.3, -0.25) is 14.4 Å². The average molecular weight is 294 g/mol. The van der Waals surface area contributed by atoms with Crippen molar-refractivity contribution in [2.45, 2.75) is 13.0 Å². The molecule has 3 rings (SSSR count). The Kier molecular flexibility index (Phi) is 3.47. The van der Waals surface area contributed by atoms with Crippen LogP contribution < -0.4 is 16.7 Å². The van der Waals surface area contributed by atoms with Crippen molar-refractivity contribution in [1.29, 1.82) is 0 Å². The standard InChI is InChI=1S/C17H14N2O3/c18-15(20)9-10-19-14-8-4-3-7-13(14)16(21)11-5-1-2-6-12(11)17(19)22/h1-8H,9-10H2,(H2,18,20). The van der Waals surface area contributed by atoms with Crippen LogP contribution >= 0.6 is 0 Å². The number of carbonyl (C=O) groups is 1. The molecule has 1 heterocycles. The Morgan fingerprint density at radius 1 is 0.909 bits per heavy atom. The number of hydrogen-bond acceptors (Lipinski definition) is 3. The molecule has 1 aromatic heterocycles. The van der Waals surface area contributed by atoms with Crippen molar-refractivity contribution in [3.63, 3.8) is 0 Å². The number of amides is 1. The van der Waals surface area contributed by atoms with Gasteiger partial charge in [-0.05, 0) is 18.2 Å². The normalized spacial score (nSPS) is 10.9. The molecule has 0 bridgehead atoms. The minimum atomic E-state index is -0.492. The molecule has 3 aromatic rings. The molecule has 22 heavy (non-hydrogen) atoms. The summed E-state index contributed by atoms with van der Waals surface area (Å²) in [6.45, 7) is 0.146. The molecule has 2 aromatic carbocycles. The third kappa shape index (κ3) is 2.26. The van der Waals surface area contributed by atoms with Crippen LogP contribution in [-0.4, -0.2) is 10.5 Å². The van der Waals surface area contributed by atoms with Gasteiger partial charge in [0.2, 0.25) is 5.91 Å². The Hall–Kier alpha value is -2.95. The van der Waals surface area contributed by atoms with Gasteiger partial charge in [0.25, 0.3) is 5.56 Å². The summed E-state index contributed by atoms with van der Waals surface area (Å²) in [5.41, 5.74) is 5.21. The molecule has 0 fully saturated rings. The minimum Gasteiger partial charge on any atom is -0.370 e. The van der Waals surface area contributed by atoms with Crippen molar-refractivity contribution in [3.05, 3.63) is 69.1 Å². The first kappa shape index (κ1) is 14.0. The first-order chi connectivity index (χ1) is 10.6. The largest absolute Gasteiger partial charge is 0.370 e. The van der Waals surface area contributed by atoms with E-state index in [0.29, 0.717) is 21.7 Å². The number of aromatic nitrogens is 1. The molecular weight excluding hydrogens is 280 g/mol. The van der Waals surface area contributed by atoms with E-state index in [1.807, 2.05) is 0 Å². The number of nitrogens with zero attached hydrogens (tertiary/aromatic N) is 1. The van der Waals surface area contributed by atoms with Crippen molar-refractivity contribution in [3.8, 4) is 0 Å². The molecule has 0 radical (unpaired) electrons. The molecule has 0 aliphatic rings. The molecule has 1 amide bonds. The van der Waals surface area contributed by atoms with Gasteiger partial charge >= 0.3 is 0 Å². The molecule has 110 valence electrons. The van der Waals surface area contributed by atoms with Crippen molar-refractivity contribution in [2.75, 3.05) is 0 Å². The maximum Gasteiger partial charge on any atom is 0.259 e. The number of benzene rings is 2. The van der Waals surface area contributed by atoms with Crippen LogP contribution in [-0.2, 0) is 11.3 Å². The lowest BCUT2D eigenvalue weighted by Gasteiger charge is -2.05. The summed E-state index contributed by atoms with van der Waals surface area (Å²) >= 11 is 0. The molecule has 5 nitrogen and oxygen atoms in total. The van der Waals surface area contributed by atoms with Crippen LogP contribution in [0.15, 0.2) is 58.1 Å². The second-order valence-corrected chi connectivity index (χ2v) is 5.06. The number of hydrogen-bond donors (Lipinski definition) is 1. The molecule has 5 heteroatoms. The quantitative estimate of drug-likeness (QED) is 0.792. The lowest BCUT2D eigenvalue weighted by molar-refractivity contribution is -0.118.